The number of amides is 2. The Balaban J connectivity index is 1.22. The maximum atomic E-state index is 13.6. The lowest BCUT2D eigenvalue weighted by molar-refractivity contribution is -0.153. The van der Waals surface area contributed by atoms with Crippen molar-refractivity contribution in [3.63, 3.8) is 0 Å². The van der Waals surface area contributed by atoms with E-state index in [1.807, 2.05) is 48.2 Å². The van der Waals surface area contributed by atoms with E-state index in [2.05, 4.69) is 22.1 Å². The van der Waals surface area contributed by atoms with Crippen LogP contribution >= 0.6 is 0 Å². The van der Waals surface area contributed by atoms with Gasteiger partial charge in [0.1, 0.15) is 5.54 Å². The summed E-state index contributed by atoms with van der Waals surface area (Å²) in [5, 5.41) is 9.21. The molecule has 0 spiro atoms. The van der Waals surface area contributed by atoms with Crippen LogP contribution in [-0.2, 0) is 14.3 Å². The Morgan fingerprint density at radius 2 is 1.68 bits per heavy atom. The molecular weight excluding hydrogens is 516 g/mol. The van der Waals surface area contributed by atoms with Crippen molar-refractivity contribution < 1.29 is 19.1 Å². The third-order valence-corrected chi connectivity index (χ3v) is 9.34. The standard InChI is InChI=1S/C33H40N4O4/c1-2-41-31(39)24-16-20-36(21-17-24)32(40)33(18-9-19-33)34-30(38)25-14-15-27-28(22-25)35-37(26-12-7-4-8-13-26)29(27)23-10-5-3-6-11-23/h4,7-8,12-15,22-24H,2-3,5-6,9-11,16-21H2,1H3,(H,34,38). The highest BCUT2D eigenvalue weighted by Crippen LogP contribution is 2.39. The van der Waals surface area contributed by atoms with Crippen LogP contribution in [-0.4, -0.2) is 57.7 Å². The molecular formula is C33H40N4O4. The number of benzene rings is 2. The Hall–Kier alpha value is -3.68. The minimum Gasteiger partial charge on any atom is -0.466 e. The molecule has 0 radical (unpaired) electrons. The molecule has 0 unspecified atom stereocenters. The summed E-state index contributed by atoms with van der Waals surface area (Å²) in [6, 6.07) is 16.0. The highest BCUT2D eigenvalue weighted by molar-refractivity contribution is 6.02. The molecule has 3 aromatic rings. The lowest BCUT2D eigenvalue weighted by atomic mass is 9.75. The van der Waals surface area contributed by atoms with Gasteiger partial charge in [-0.1, -0.05) is 43.5 Å². The zero-order valence-corrected chi connectivity index (χ0v) is 23.9. The Morgan fingerprint density at radius 3 is 2.34 bits per heavy atom. The first-order valence-corrected chi connectivity index (χ1v) is 15.4. The second-order valence-electron chi connectivity index (χ2n) is 11.9. The second kappa shape index (κ2) is 11.7. The van der Waals surface area contributed by atoms with Gasteiger partial charge in [0, 0.05) is 30.0 Å². The summed E-state index contributed by atoms with van der Waals surface area (Å²) in [5.74, 6) is -0.171. The van der Waals surface area contributed by atoms with Crippen molar-refractivity contribution >= 4 is 28.7 Å². The molecule has 6 rings (SSSR count). The molecule has 2 aliphatic carbocycles. The molecule has 0 atom stereocenters. The topological polar surface area (TPSA) is 93.5 Å². The zero-order valence-electron chi connectivity index (χ0n) is 23.9. The minimum absolute atomic E-state index is 0.0339. The second-order valence-corrected chi connectivity index (χ2v) is 11.9. The quantitative estimate of drug-likeness (QED) is 0.387. The summed E-state index contributed by atoms with van der Waals surface area (Å²) < 4.78 is 7.24. The first-order valence-electron chi connectivity index (χ1n) is 15.4. The van der Waals surface area contributed by atoms with Gasteiger partial charge < -0.3 is 15.0 Å². The maximum absolute atomic E-state index is 13.6. The van der Waals surface area contributed by atoms with Crippen molar-refractivity contribution in [2.24, 2.45) is 5.92 Å². The normalized spacial score (nSPS) is 19.5. The van der Waals surface area contributed by atoms with Crippen LogP contribution in [0.5, 0.6) is 0 Å². The summed E-state index contributed by atoms with van der Waals surface area (Å²) >= 11 is 0. The molecule has 0 bridgehead atoms. The maximum Gasteiger partial charge on any atom is 0.309 e. The molecule has 3 aliphatic rings. The molecule has 1 aromatic heterocycles. The third kappa shape index (κ3) is 5.36. The van der Waals surface area contributed by atoms with Crippen LogP contribution in [0.2, 0.25) is 0 Å². The molecule has 8 nitrogen and oxygen atoms in total. The van der Waals surface area contributed by atoms with E-state index in [1.54, 1.807) is 0 Å². The molecule has 41 heavy (non-hydrogen) atoms. The molecule has 1 aliphatic heterocycles. The van der Waals surface area contributed by atoms with Crippen molar-refractivity contribution in [3.05, 3.63) is 59.8 Å². The lowest BCUT2D eigenvalue weighted by Gasteiger charge is -2.45. The molecule has 3 fully saturated rings. The number of hydrogen-bond acceptors (Lipinski definition) is 5. The third-order valence-electron chi connectivity index (χ3n) is 9.34. The number of likely N-dealkylation sites (tertiary alicyclic amines) is 1. The van der Waals surface area contributed by atoms with Gasteiger partial charge in [-0.05, 0) is 76.1 Å². The Bertz CT molecular complexity index is 1410. The van der Waals surface area contributed by atoms with E-state index in [0.29, 0.717) is 56.9 Å². The Morgan fingerprint density at radius 1 is 0.951 bits per heavy atom. The van der Waals surface area contributed by atoms with Crippen LogP contribution < -0.4 is 5.32 Å². The average molecular weight is 557 g/mol. The fraction of sp³-hybridized carbons (Fsp3) is 0.515. The number of aromatic nitrogens is 2. The van der Waals surface area contributed by atoms with Gasteiger partial charge in [-0.15, -0.1) is 0 Å². The number of nitrogens with zero attached hydrogens (tertiary/aromatic N) is 3. The molecule has 2 heterocycles. The number of carbonyl (C=O) groups is 3. The Kier molecular flexibility index (Phi) is 7.82. The summed E-state index contributed by atoms with van der Waals surface area (Å²) in [7, 11) is 0. The van der Waals surface area contributed by atoms with E-state index in [4.69, 9.17) is 9.84 Å². The molecule has 2 aromatic carbocycles. The van der Waals surface area contributed by atoms with Gasteiger partial charge in [0.2, 0.25) is 5.91 Å². The van der Waals surface area contributed by atoms with Crippen LogP contribution in [0.3, 0.4) is 0 Å². The van der Waals surface area contributed by atoms with Crippen molar-refractivity contribution in [3.8, 4) is 5.69 Å². The van der Waals surface area contributed by atoms with E-state index >= 15 is 0 Å². The van der Waals surface area contributed by atoms with E-state index in [0.717, 1.165) is 35.9 Å². The van der Waals surface area contributed by atoms with Gasteiger partial charge in [0.05, 0.1) is 29.4 Å². The van der Waals surface area contributed by atoms with Crippen molar-refractivity contribution in [1.82, 2.24) is 20.0 Å². The van der Waals surface area contributed by atoms with Gasteiger partial charge in [0.15, 0.2) is 0 Å². The van der Waals surface area contributed by atoms with Gasteiger partial charge in [0.25, 0.3) is 5.91 Å². The molecule has 8 heteroatoms. The highest BCUT2D eigenvalue weighted by Gasteiger charge is 2.48. The number of hydrogen-bond donors (Lipinski definition) is 1. The summed E-state index contributed by atoms with van der Waals surface area (Å²) in [4.78, 5) is 41.2. The molecule has 216 valence electrons. The SMILES string of the molecule is CCOC(=O)C1CCN(C(=O)C2(NC(=O)c3ccc4c(C5CCCCC5)n(-c5ccccc5)nc4c3)CCC2)CC1. The average Bonchev–Trinajstić information content (AvgIpc) is 3.38. The van der Waals surface area contributed by atoms with E-state index in [1.165, 1.54) is 25.0 Å². The number of nitrogens with one attached hydrogen (secondary N) is 1. The number of carbonyl (C=O) groups excluding carboxylic acids is 3. The van der Waals surface area contributed by atoms with Gasteiger partial charge in [-0.3, -0.25) is 14.4 Å². The summed E-state index contributed by atoms with van der Waals surface area (Å²) in [6.07, 6.45) is 9.38. The summed E-state index contributed by atoms with van der Waals surface area (Å²) in [5.41, 5.74) is 2.71. The first-order chi connectivity index (χ1) is 20.0. The van der Waals surface area contributed by atoms with Gasteiger partial charge in [-0.2, -0.15) is 5.10 Å². The van der Waals surface area contributed by atoms with Crippen molar-refractivity contribution in [1.29, 1.82) is 0 Å². The minimum atomic E-state index is -0.876. The molecule has 2 amide bonds. The van der Waals surface area contributed by atoms with Crippen LogP contribution in [0, 0.1) is 5.92 Å². The monoisotopic (exact) mass is 556 g/mol. The molecule has 1 N–H and O–H groups in total. The van der Waals surface area contributed by atoms with E-state index < -0.39 is 5.54 Å². The first kappa shape index (κ1) is 27.5. The molecule has 2 saturated carbocycles. The van der Waals surface area contributed by atoms with Crippen LogP contribution in [0.4, 0.5) is 0 Å². The molecule has 1 saturated heterocycles. The van der Waals surface area contributed by atoms with Crippen LogP contribution in [0.25, 0.3) is 16.6 Å². The van der Waals surface area contributed by atoms with Gasteiger partial charge >= 0.3 is 5.97 Å². The van der Waals surface area contributed by atoms with Crippen LogP contribution in [0.15, 0.2) is 48.5 Å². The van der Waals surface area contributed by atoms with Crippen molar-refractivity contribution in [2.45, 2.75) is 82.6 Å². The fourth-order valence-electron chi connectivity index (χ4n) is 6.88. The van der Waals surface area contributed by atoms with Gasteiger partial charge in [-0.25, -0.2) is 4.68 Å². The van der Waals surface area contributed by atoms with Crippen LogP contribution in [0.1, 0.15) is 93.1 Å². The lowest BCUT2D eigenvalue weighted by Crippen LogP contribution is -2.64. The Labute approximate surface area is 241 Å². The fourth-order valence-corrected chi connectivity index (χ4v) is 6.88. The number of fused-ring (bicyclic) bond motifs is 1. The highest BCUT2D eigenvalue weighted by atomic mass is 16.5. The van der Waals surface area contributed by atoms with E-state index in [-0.39, 0.29) is 23.7 Å². The van der Waals surface area contributed by atoms with Crippen molar-refractivity contribution in [2.75, 3.05) is 19.7 Å². The number of rotatable bonds is 7. The smallest absolute Gasteiger partial charge is 0.309 e. The summed E-state index contributed by atoms with van der Waals surface area (Å²) in [6.45, 7) is 3.19. The van der Waals surface area contributed by atoms with E-state index in [9.17, 15) is 14.4 Å². The number of esters is 1. The number of piperidine rings is 1. The predicted octanol–water partition coefficient (Wildman–Crippen LogP) is 5.53. The predicted molar refractivity (Wildman–Crippen MR) is 157 cm³/mol. The largest absolute Gasteiger partial charge is 0.466 e. The number of ether oxygens (including phenoxy) is 1. The zero-order chi connectivity index (χ0) is 28.4. The number of para-hydroxylation sites is 1.